The van der Waals surface area contributed by atoms with Crippen LogP contribution in [0.5, 0.6) is 0 Å². The van der Waals surface area contributed by atoms with Crippen LogP contribution in [0.3, 0.4) is 0 Å². The lowest BCUT2D eigenvalue weighted by Gasteiger charge is -2.20. The Morgan fingerprint density at radius 3 is 2.47 bits per heavy atom. The number of nitrogens with one attached hydrogen (secondary N) is 1. The highest BCUT2D eigenvalue weighted by Gasteiger charge is 2.21. The number of thioether (sulfide) groups is 1. The first-order valence-corrected chi connectivity index (χ1v) is 7.63. The van der Waals surface area contributed by atoms with Crippen LogP contribution in [0, 0.1) is 6.92 Å². The molecule has 0 radical (unpaired) electrons. The van der Waals surface area contributed by atoms with E-state index in [0.29, 0.717) is 0 Å². The van der Waals surface area contributed by atoms with Crippen LogP contribution in [0.1, 0.15) is 39.1 Å². The molecule has 0 aliphatic rings. The van der Waals surface area contributed by atoms with Crippen molar-refractivity contribution in [3.05, 3.63) is 11.4 Å². The van der Waals surface area contributed by atoms with Gasteiger partial charge in [0.1, 0.15) is 16.7 Å². The normalized spacial score (nSPS) is 11.7. The number of hydrogen-bond acceptors (Lipinski definition) is 5. The fourth-order valence-corrected chi connectivity index (χ4v) is 2.44. The topological polar surface area (TPSA) is 47.0 Å². The molecule has 0 unspecified atom stereocenters. The minimum atomic E-state index is -0.0472. The van der Waals surface area contributed by atoms with Gasteiger partial charge in [-0.25, -0.2) is 9.97 Å². The zero-order valence-corrected chi connectivity index (χ0v) is 13.6. The summed E-state index contributed by atoms with van der Waals surface area (Å²) in [6.07, 6.45) is 0. The molecule has 0 spiro atoms. The van der Waals surface area contributed by atoms with Crippen LogP contribution in [-0.4, -0.2) is 36.0 Å². The Bertz CT molecular complexity index is 416. The Kier molecular flexibility index (Phi) is 6.07. The van der Waals surface area contributed by atoms with E-state index in [0.717, 1.165) is 41.1 Å². The number of rotatable bonds is 6. The lowest BCUT2D eigenvalue weighted by molar-refractivity contribution is 0.218. The Hall–Kier alpha value is -0.810. The second-order valence-corrected chi connectivity index (χ2v) is 6.53. The summed E-state index contributed by atoms with van der Waals surface area (Å²) in [5.74, 6) is 2.74. The summed E-state index contributed by atoms with van der Waals surface area (Å²) in [6, 6.07) is 0. The quantitative estimate of drug-likeness (QED) is 0.493. The molecule has 4 nitrogen and oxygen atoms in total. The van der Waals surface area contributed by atoms with Crippen molar-refractivity contribution in [1.82, 2.24) is 9.97 Å². The Labute approximate surface area is 120 Å². The monoisotopic (exact) mass is 283 g/mol. The summed E-state index contributed by atoms with van der Waals surface area (Å²) in [5.41, 5.74) is 1.07. The lowest BCUT2D eigenvalue weighted by atomic mass is 9.95. The van der Waals surface area contributed by atoms with Gasteiger partial charge in [-0.1, -0.05) is 20.8 Å². The molecule has 0 amide bonds. The molecule has 1 aromatic heterocycles. The summed E-state index contributed by atoms with van der Waals surface area (Å²) >= 11 is 1.73. The molecule has 0 aliphatic heterocycles. The predicted octanol–water partition coefficient (Wildman–Crippen LogP) is 3.25. The van der Waals surface area contributed by atoms with Gasteiger partial charge in [-0.2, -0.15) is 0 Å². The van der Waals surface area contributed by atoms with Crippen molar-refractivity contribution in [2.24, 2.45) is 0 Å². The van der Waals surface area contributed by atoms with E-state index in [1.807, 2.05) is 0 Å². The largest absolute Gasteiger partial charge is 0.384 e. The molecular formula is C14H25N3OS. The van der Waals surface area contributed by atoms with Crippen LogP contribution in [-0.2, 0) is 10.2 Å². The van der Waals surface area contributed by atoms with Crippen LogP contribution in [0.2, 0.25) is 0 Å². The van der Waals surface area contributed by atoms with Gasteiger partial charge in [-0.15, -0.1) is 11.8 Å². The maximum absolute atomic E-state index is 5.10. The summed E-state index contributed by atoms with van der Waals surface area (Å²) in [6.45, 7) is 12.2. The van der Waals surface area contributed by atoms with Crippen molar-refractivity contribution < 1.29 is 4.74 Å². The maximum Gasteiger partial charge on any atom is 0.137 e. The van der Waals surface area contributed by atoms with E-state index >= 15 is 0 Å². The van der Waals surface area contributed by atoms with Crippen LogP contribution in [0.25, 0.3) is 0 Å². The molecule has 19 heavy (non-hydrogen) atoms. The van der Waals surface area contributed by atoms with E-state index in [-0.39, 0.29) is 5.41 Å². The van der Waals surface area contributed by atoms with Crippen molar-refractivity contribution in [2.75, 3.05) is 31.3 Å². The first-order chi connectivity index (χ1) is 8.90. The number of anilines is 1. The molecule has 1 aromatic rings. The zero-order chi connectivity index (χ0) is 14.5. The molecule has 0 atom stereocenters. The number of ether oxygens (including phenoxy) is 1. The molecule has 0 fully saturated rings. The van der Waals surface area contributed by atoms with Crippen molar-refractivity contribution in [3.63, 3.8) is 0 Å². The van der Waals surface area contributed by atoms with Gasteiger partial charge in [0.25, 0.3) is 0 Å². The Morgan fingerprint density at radius 2 is 1.95 bits per heavy atom. The van der Waals surface area contributed by atoms with Crippen LogP contribution in [0.4, 0.5) is 5.82 Å². The highest BCUT2D eigenvalue weighted by molar-refractivity contribution is 7.99. The van der Waals surface area contributed by atoms with E-state index in [2.05, 4.69) is 44.9 Å². The molecule has 0 aliphatic carbocycles. The minimum Gasteiger partial charge on any atom is -0.384 e. The third-order valence-electron chi connectivity index (χ3n) is 2.64. The minimum absolute atomic E-state index is 0.0472. The second-order valence-electron chi connectivity index (χ2n) is 5.45. The molecule has 108 valence electrons. The van der Waals surface area contributed by atoms with Gasteiger partial charge in [-0.3, -0.25) is 0 Å². The molecule has 1 heterocycles. The van der Waals surface area contributed by atoms with Crippen molar-refractivity contribution in [1.29, 1.82) is 0 Å². The summed E-state index contributed by atoms with van der Waals surface area (Å²) < 4.78 is 5.10. The number of nitrogens with zero attached hydrogens (tertiary/aromatic N) is 2. The van der Waals surface area contributed by atoms with Crippen LogP contribution >= 0.6 is 11.8 Å². The van der Waals surface area contributed by atoms with Crippen LogP contribution in [0.15, 0.2) is 5.03 Å². The average molecular weight is 283 g/mol. The zero-order valence-electron chi connectivity index (χ0n) is 12.8. The second kappa shape index (κ2) is 7.10. The van der Waals surface area contributed by atoms with Crippen LogP contribution < -0.4 is 5.32 Å². The van der Waals surface area contributed by atoms with Gasteiger partial charge >= 0.3 is 0 Å². The lowest BCUT2D eigenvalue weighted by Crippen LogP contribution is -2.19. The first kappa shape index (κ1) is 16.2. The van der Waals surface area contributed by atoms with Crippen molar-refractivity contribution in [2.45, 2.75) is 45.1 Å². The van der Waals surface area contributed by atoms with Gasteiger partial charge < -0.3 is 10.1 Å². The van der Waals surface area contributed by atoms with Gasteiger partial charge in [-0.05, 0) is 13.8 Å². The fourth-order valence-electron chi connectivity index (χ4n) is 1.53. The highest BCUT2D eigenvalue weighted by Crippen LogP contribution is 2.28. The first-order valence-electron chi connectivity index (χ1n) is 6.64. The van der Waals surface area contributed by atoms with Crippen molar-refractivity contribution >= 4 is 17.6 Å². The van der Waals surface area contributed by atoms with E-state index in [1.54, 1.807) is 18.9 Å². The molecule has 0 bridgehead atoms. The molecule has 0 saturated heterocycles. The Balaban J connectivity index is 3.09. The smallest absolute Gasteiger partial charge is 0.137 e. The van der Waals surface area contributed by atoms with Gasteiger partial charge in [0.15, 0.2) is 0 Å². The van der Waals surface area contributed by atoms with E-state index < -0.39 is 0 Å². The molecule has 1 rings (SSSR count). The molecule has 5 heteroatoms. The molecule has 0 saturated carbocycles. The average Bonchev–Trinajstić information content (AvgIpc) is 2.32. The predicted molar refractivity (Wildman–Crippen MR) is 82.2 cm³/mol. The molecule has 1 N–H and O–H groups in total. The third kappa shape index (κ3) is 4.66. The standard InChI is InChI=1S/C14H25N3OS/c1-7-15-11-10(2)12(19-9-8-18-6)17-13(16-11)14(3,4)5/h7-9H2,1-6H3,(H,15,16,17). The fraction of sp³-hybridized carbons (Fsp3) is 0.714. The molecular weight excluding hydrogens is 258 g/mol. The van der Waals surface area contributed by atoms with E-state index in [1.165, 1.54) is 0 Å². The van der Waals surface area contributed by atoms with Gasteiger partial charge in [0, 0.05) is 30.4 Å². The highest BCUT2D eigenvalue weighted by atomic mass is 32.2. The summed E-state index contributed by atoms with van der Waals surface area (Å²) in [5, 5.41) is 4.37. The van der Waals surface area contributed by atoms with E-state index in [4.69, 9.17) is 9.72 Å². The van der Waals surface area contributed by atoms with Gasteiger partial charge in [0.05, 0.1) is 6.61 Å². The van der Waals surface area contributed by atoms with E-state index in [9.17, 15) is 0 Å². The summed E-state index contributed by atoms with van der Waals surface area (Å²) in [4.78, 5) is 9.37. The SMILES string of the molecule is CCNc1nc(C(C)(C)C)nc(SCCOC)c1C. The number of aromatic nitrogens is 2. The number of hydrogen-bond donors (Lipinski definition) is 1. The maximum atomic E-state index is 5.10. The summed E-state index contributed by atoms with van der Waals surface area (Å²) in [7, 11) is 1.72. The van der Waals surface area contributed by atoms with Crippen molar-refractivity contribution in [3.8, 4) is 0 Å². The third-order valence-corrected chi connectivity index (χ3v) is 3.68. The molecule has 0 aromatic carbocycles. The van der Waals surface area contributed by atoms with Gasteiger partial charge in [0.2, 0.25) is 0 Å². The Morgan fingerprint density at radius 1 is 1.26 bits per heavy atom. The number of methoxy groups -OCH3 is 1.